The highest BCUT2D eigenvalue weighted by atomic mass is 16.6. The Morgan fingerprint density at radius 3 is 3.00 bits per heavy atom. The fourth-order valence-electron chi connectivity index (χ4n) is 2.58. The second-order valence-corrected chi connectivity index (χ2v) is 5.62. The number of carboxylic acid groups (broad SMARTS) is 1. The van der Waals surface area contributed by atoms with Crippen molar-refractivity contribution in [2.24, 2.45) is 0 Å². The molecule has 1 aliphatic rings. The molecule has 0 saturated carbocycles. The van der Waals surface area contributed by atoms with Crippen LogP contribution in [0.15, 0.2) is 12.3 Å². The van der Waals surface area contributed by atoms with E-state index in [1.165, 1.54) is 6.20 Å². The van der Waals surface area contributed by atoms with E-state index in [-0.39, 0.29) is 18.3 Å². The number of rotatable bonds is 6. The van der Waals surface area contributed by atoms with Gasteiger partial charge >= 0.3 is 5.97 Å². The van der Waals surface area contributed by atoms with Gasteiger partial charge in [-0.05, 0) is 20.0 Å². The third kappa shape index (κ3) is 4.60. The maximum absolute atomic E-state index is 10.8. The van der Waals surface area contributed by atoms with Gasteiger partial charge in [-0.15, -0.1) is 0 Å². The number of anilines is 1. The molecule has 2 rings (SSSR count). The number of likely N-dealkylation sites (N-methyl/N-ethyl adjacent to an activating group) is 1. The molecule has 1 saturated heterocycles. The molecule has 0 spiro atoms. The molecule has 9 heteroatoms. The molecule has 0 bridgehead atoms. The number of pyridine rings is 1. The molecule has 9 nitrogen and oxygen atoms in total. The maximum atomic E-state index is 10.8. The first-order valence-electron chi connectivity index (χ1n) is 7.24. The summed E-state index contributed by atoms with van der Waals surface area (Å²) in [5.74, 6) is -0.213. The molecule has 1 aromatic rings. The van der Waals surface area contributed by atoms with Crippen molar-refractivity contribution in [3.05, 3.63) is 27.9 Å². The first kappa shape index (κ1) is 17.1. The molecular weight excluding hydrogens is 304 g/mol. The third-order valence-electron chi connectivity index (χ3n) is 3.65. The third-order valence-corrected chi connectivity index (χ3v) is 3.65. The van der Waals surface area contributed by atoms with E-state index < -0.39 is 10.9 Å². The summed E-state index contributed by atoms with van der Waals surface area (Å²) in [6.45, 7) is 3.84. The predicted octanol–water partition coefficient (Wildman–Crippen LogP) is 0.520. The van der Waals surface area contributed by atoms with Crippen molar-refractivity contribution < 1.29 is 19.6 Å². The fourth-order valence-corrected chi connectivity index (χ4v) is 2.58. The molecule has 126 valence electrons. The minimum Gasteiger partial charge on any atom is -0.480 e. The summed E-state index contributed by atoms with van der Waals surface area (Å²) in [7, 11) is 1.73. The minimum absolute atomic E-state index is 0.000231. The summed E-state index contributed by atoms with van der Waals surface area (Å²) in [5.41, 5.74) is 0.561. The zero-order valence-corrected chi connectivity index (χ0v) is 13.1. The van der Waals surface area contributed by atoms with Crippen LogP contribution in [0.4, 0.5) is 11.5 Å². The van der Waals surface area contributed by atoms with Gasteiger partial charge < -0.3 is 14.7 Å². The van der Waals surface area contributed by atoms with Crippen molar-refractivity contribution in [2.45, 2.75) is 13.0 Å². The van der Waals surface area contributed by atoms with E-state index in [0.717, 1.165) is 0 Å². The molecule has 0 radical (unpaired) electrons. The van der Waals surface area contributed by atoms with Gasteiger partial charge in [0.25, 0.3) is 5.69 Å². The van der Waals surface area contributed by atoms with Crippen LogP contribution in [0.5, 0.6) is 0 Å². The Morgan fingerprint density at radius 1 is 1.65 bits per heavy atom. The van der Waals surface area contributed by atoms with E-state index in [0.29, 0.717) is 37.6 Å². The molecule has 1 atom stereocenters. The predicted molar refractivity (Wildman–Crippen MR) is 82.7 cm³/mol. The minimum atomic E-state index is -0.882. The molecule has 2 heterocycles. The topological polar surface area (TPSA) is 109 Å². The van der Waals surface area contributed by atoms with Crippen molar-refractivity contribution in [3.8, 4) is 0 Å². The molecule has 0 aliphatic carbocycles. The SMILES string of the molecule is Cc1cc(N2CCOC(CN(C)CC(=O)O)C2)ncc1[N+](=O)[O-]. The Hall–Kier alpha value is -2.26. The van der Waals surface area contributed by atoms with Crippen LogP contribution in [-0.2, 0) is 9.53 Å². The number of aromatic nitrogens is 1. The normalized spacial score (nSPS) is 18.2. The van der Waals surface area contributed by atoms with Gasteiger partial charge in [0.05, 0.1) is 24.2 Å². The number of carbonyl (C=O) groups is 1. The van der Waals surface area contributed by atoms with Gasteiger partial charge in [-0.3, -0.25) is 19.8 Å². The van der Waals surface area contributed by atoms with Crippen LogP contribution in [0.25, 0.3) is 0 Å². The number of morpholine rings is 1. The van der Waals surface area contributed by atoms with Gasteiger partial charge in [0.1, 0.15) is 12.0 Å². The molecule has 1 aliphatic heterocycles. The Bertz CT molecular complexity index is 595. The lowest BCUT2D eigenvalue weighted by atomic mass is 10.2. The zero-order chi connectivity index (χ0) is 17.0. The van der Waals surface area contributed by atoms with Gasteiger partial charge in [0.15, 0.2) is 0 Å². The number of nitrogens with zero attached hydrogens (tertiary/aromatic N) is 4. The van der Waals surface area contributed by atoms with Crippen LogP contribution < -0.4 is 4.90 Å². The quantitative estimate of drug-likeness (QED) is 0.596. The Morgan fingerprint density at radius 2 is 2.39 bits per heavy atom. The highest BCUT2D eigenvalue weighted by molar-refractivity contribution is 5.69. The Labute approximate surface area is 133 Å². The first-order chi connectivity index (χ1) is 10.9. The van der Waals surface area contributed by atoms with Crippen molar-refractivity contribution >= 4 is 17.5 Å². The molecule has 0 aromatic carbocycles. The molecule has 23 heavy (non-hydrogen) atoms. The summed E-state index contributed by atoms with van der Waals surface area (Å²) >= 11 is 0. The van der Waals surface area contributed by atoms with E-state index in [1.54, 1.807) is 24.9 Å². The standard InChI is InChI=1S/C14H20N4O5/c1-10-5-13(15-6-12(10)18(21)22)17-3-4-23-11(8-17)7-16(2)9-14(19)20/h5-6,11H,3-4,7-9H2,1-2H3,(H,19,20). The van der Waals surface area contributed by atoms with E-state index in [4.69, 9.17) is 9.84 Å². The van der Waals surface area contributed by atoms with Gasteiger partial charge in [-0.1, -0.05) is 0 Å². The van der Waals surface area contributed by atoms with E-state index in [1.807, 2.05) is 4.90 Å². The lowest BCUT2D eigenvalue weighted by molar-refractivity contribution is -0.385. The number of hydrogen-bond donors (Lipinski definition) is 1. The van der Waals surface area contributed by atoms with Crippen molar-refractivity contribution in [2.75, 3.05) is 44.7 Å². The number of aryl methyl sites for hydroxylation is 1. The van der Waals surface area contributed by atoms with Crippen LogP contribution in [-0.4, -0.2) is 71.8 Å². The van der Waals surface area contributed by atoms with Gasteiger partial charge in [-0.25, -0.2) is 4.98 Å². The monoisotopic (exact) mass is 324 g/mol. The average molecular weight is 324 g/mol. The molecule has 1 fully saturated rings. The largest absolute Gasteiger partial charge is 0.480 e. The summed E-state index contributed by atoms with van der Waals surface area (Å²) in [5, 5.41) is 19.6. The van der Waals surface area contributed by atoms with E-state index in [9.17, 15) is 14.9 Å². The molecule has 0 amide bonds. The van der Waals surface area contributed by atoms with Crippen LogP contribution >= 0.6 is 0 Å². The molecule has 1 aromatic heterocycles. The number of hydrogen-bond acceptors (Lipinski definition) is 7. The van der Waals surface area contributed by atoms with E-state index in [2.05, 4.69) is 4.98 Å². The number of carboxylic acids is 1. The van der Waals surface area contributed by atoms with E-state index >= 15 is 0 Å². The molecular formula is C14H20N4O5. The van der Waals surface area contributed by atoms with Crippen LogP contribution in [0, 0.1) is 17.0 Å². The number of aliphatic carboxylic acids is 1. The summed E-state index contributed by atoms with van der Waals surface area (Å²) < 4.78 is 5.66. The summed E-state index contributed by atoms with van der Waals surface area (Å²) in [4.78, 5) is 29.0. The summed E-state index contributed by atoms with van der Waals surface area (Å²) in [6, 6.07) is 1.70. The smallest absolute Gasteiger partial charge is 0.317 e. The second kappa shape index (κ2) is 7.34. The van der Waals surface area contributed by atoms with Crippen molar-refractivity contribution in [3.63, 3.8) is 0 Å². The average Bonchev–Trinajstić information content (AvgIpc) is 2.46. The molecule has 1 N–H and O–H groups in total. The Kier molecular flexibility index (Phi) is 5.45. The number of nitro groups is 1. The summed E-state index contributed by atoms with van der Waals surface area (Å²) in [6.07, 6.45) is 1.14. The number of ether oxygens (including phenoxy) is 1. The highest BCUT2D eigenvalue weighted by Gasteiger charge is 2.24. The van der Waals surface area contributed by atoms with Gasteiger partial charge in [0.2, 0.25) is 0 Å². The van der Waals surface area contributed by atoms with Crippen LogP contribution in [0.1, 0.15) is 5.56 Å². The highest BCUT2D eigenvalue weighted by Crippen LogP contribution is 2.22. The van der Waals surface area contributed by atoms with Gasteiger partial charge in [-0.2, -0.15) is 0 Å². The van der Waals surface area contributed by atoms with Crippen LogP contribution in [0.3, 0.4) is 0 Å². The van der Waals surface area contributed by atoms with Gasteiger partial charge in [0, 0.05) is 25.2 Å². The lowest BCUT2D eigenvalue weighted by Gasteiger charge is -2.35. The second-order valence-electron chi connectivity index (χ2n) is 5.62. The van der Waals surface area contributed by atoms with Crippen molar-refractivity contribution in [1.82, 2.24) is 9.88 Å². The molecule has 1 unspecified atom stereocenters. The van der Waals surface area contributed by atoms with Crippen molar-refractivity contribution in [1.29, 1.82) is 0 Å². The first-order valence-corrected chi connectivity index (χ1v) is 7.24. The fraction of sp³-hybridized carbons (Fsp3) is 0.571. The maximum Gasteiger partial charge on any atom is 0.317 e. The van der Waals surface area contributed by atoms with Crippen LogP contribution in [0.2, 0.25) is 0 Å². The lowest BCUT2D eigenvalue weighted by Crippen LogP contribution is -2.48. The zero-order valence-electron chi connectivity index (χ0n) is 13.1. The Balaban J connectivity index is 2.02.